The molecule has 0 unspecified atom stereocenters. The van der Waals surface area contributed by atoms with E-state index in [1.165, 1.54) is 24.8 Å². The number of fused-ring (bicyclic) bond motifs is 2. The van der Waals surface area contributed by atoms with Crippen molar-refractivity contribution in [2.75, 3.05) is 13.1 Å². The van der Waals surface area contributed by atoms with Crippen molar-refractivity contribution in [2.24, 2.45) is 0 Å². The number of nitrogens with zero attached hydrogens (tertiary/aromatic N) is 2. The zero-order valence-electron chi connectivity index (χ0n) is 25.6. The van der Waals surface area contributed by atoms with Gasteiger partial charge in [0.2, 0.25) is 0 Å². The molecular formula is C33H42N4O5. The first kappa shape index (κ1) is 29.6. The zero-order valence-corrected chi connectivity index (χ0v) is 25.6. The van der Waals surface area contributed by atoms with Gasteiger partial charge < -0.3 is 20.1 Å². The topological polar surface area (TPSA) is 102 Å². The van der Waals surface area contributed by atoms with E-state index in [0.717, 1.165) is 36.1 Å². The van der Waals surface area contributed by atoms with Crippen molar-refractivity contribution in [3.63, 3.8) is 0 Å². The predicted molar refractivity (Wildman–Crippen MR) is 162 cm³/mol. The van der Waals surface area contributed by atoms with Gasteiger partial charge in [-0.15, -0.1) is 0 Å². The van der Waals surface area contributed by atoms with Gasteiger partial charge in [0.05, 0.1) is 16.8 Å². The Labute approximate surface area is 247 Å². The maximum atomic E-state index is 13.7. The van der Waals surface area contributed by atoms with Gasteiger partial charge in [0, 0.05) is 30.6 Å². The van der Waals surface area contributed by atoms with Gasteiger partial charge in [0.1, 0.15) is 11.2 Å². The number of nitrogens with one attached hydrogen (secondary N) is 2. The minimum Gasteiger partial charge on any atom is -0.444 e. The number of carbonyl (C=O) groups excluding carboxylic acids is 3. The number of ether oxygens (including phenoxy) is 2. The summed E-state index contributed by atoms with van der Waals surface area (Å²) in [5.74, 6) is -0.196. The van der Waals surface area contributed by atoms with Gasteiger partial charge in [-0.1, -0.05) is 18.6 Å². The van der Waals surface area contributed by atoms with Crippen molar-refractivity contribution in [2.45, 2.75) is 91.6 Å². The van der Waals surface area contributed by atoms with Gasteiger partial charge in [0.15, 0.2) is 0 Å². The molecule has 0 radical (unpaired) electrons. The molecule has 0 bridgehead atoms. The minimum absolute atomic E-state index is 0.196. The Morgan fingerprint density at radius 2 is 1.62 bits per heavy atom. The van der Waals surface area contributed by atoms with E-state index in [4.69, 9.17) is 9.47 Å². The average molecular weight is 575 g/mol. The van der Waals surface area contributed by atoms with Crippen molar-refractivity contribution < 1.29 is 23.9 Å². The van der Waals surface area contributed by atoms with Gasteiger partial charge >= 0.3 is 12.2 Å². The molecule has 0 spiro atoms. The van der Waals surface area contributed by atoms with Crippen LogP contribution in [0.5, 0.6) is 0 Å². The number of aromatic nitrogens is 1. The minimum atomic E-state index is -0.711. The second-order valence-electron chi connectivity index (χ2n) is 13.3. The molecule has 1 saturated heterocycles. The van der Waals surface area contributed by atoms with Crippen LogP contribution >= 0.6 is 0 Å². The molecule has 224 valence electrons. The fourth-order valence-electron chi connectivity index (χ4n) is 5.67. The van der Waals surface area contributed by atoms with Crippen LogP contribution in [0.1, 0.15) is 87.9 Å². The summed E-state index contributed by atoms with van der Waals surface area (Å²) in [6, 6.07) is 11.9. The first-order chi connectivity index (χ1) is 19.8. The third-order valence-electron chi connectivity index (χ3n) is 7.35. The first-order valence-corrected chi connectivity index (χ1v) is 14.8. The summed E-state index contributed by atoms with van der Waals surface area (Å²) in [7, 11) is 0. The highest BCUT2D eigenvalue weighted by Crippen LogP contribution is 2.36. The highest BCUT2D eigenvalue weighted by atomic mass is 16.6. The molecule has 2 aliphatic rings. The van der Waals surface area contributed by atoms with Gasteiger partial charge in [0.25, 0.3) is 5.91 Å². The van der Waals surface area contributed by atoms with Crippen molar-refractivity contribution in [1.82, 2.24) is 20.1 Å². The molecule has 2 amide bonds. The molecule has 1 fully saturated rings. The van der Waals surface area contributed by atoms with Crippen molar-refractivity contribution in [1.29, 1.82) is 0 Å². The molecular weight excluding hydrogens is 532 g/mol. The molecule has 2 N–H and O–H groups in total. The highest BCUT2D eigenvalue weighted by molar-refractivity contribution is 6.07. The van der Waals surface area contributed by atoms with Crippen LogP contribution in [0, 0.1) is 0 Å². The molecule has 1 aromatic heterocycles. The summed E-state index contributed by atoms with van der Waals surface area (Å²) < 4.78 is 12.8. The van der Waals surface area contributed by atoms with E-state index in [2.05, 4.69) is 27.7 Å². The Bertz CT molecular complexity index is 1520. The van der Waals surface area contributed by atoms with Crippen LogP contribution in [0.3, 0.4) is 0 Å². The molecule has 9 nitrogen and oxygen atoms in total. The Kier molecular flexibility index (Phi) is 8.07. The SMILES string of the molecule is CC(C)(C)OC(=O)NCc1cc2c(c(-c3cc4cc(CN5CCCCC5)ccc4n3C(=O)OC(C)(C)C)c1)C(=O)NC2. The van der Waals surface area contributed by atoms with Gasteiger partial charge in [-0.3, -0.25) is 9.69 Å². The lowest BCUT2D eigenvalue weighted by Gasteiger charge is -2.26. The maximum absolute atomic E-state index is 13.7. The fourth-order valence-corrected chi connectivity index (χ4v) is 5.67. The number of piperidine rings is 1. The van der Waals surface area contributed by atoms with Crippen LogP contribution in [-0.4, -0.2) is 51.9 Å². The third kappa shape index (κ3) is 6.78. The number of benzene rings is 2. The van der Waals surface area contributed by atoms with E-state index in [9.17, 15) is 14.4 Å². The van der Waals surface area contributed by atoms with Crippen molar-refractivity contribution >= 4 is 29.0 Å². The molecule has 0 saturated carbocycles. The van der Waals surface area contributed by atoms with Crippen LogP contribution in [0.2, 0.25) is 0 Å². The van der Waals surface area contributed by atoms with E-state index in [-0.39, 0.29) is 12.5 Å². The lowest BCUT2D eigenvalue weighted by molar-refractivity contribution is 0.0519. The van der Waals surface area contributed by atoms with E-state index in [1.807, 2.05) is 65.8 Å². The number of rotatable bonds is 5. The lowest BCUT2D eigenvalue weighted by atomic mass is 9.96. The smallest absolute Gasteiger partial charge is 0.419 e. The monoisotopic (exact) mass is 574 g/mol. The van der Waals surface area contributed by atoms with E-state index in [1.54, 1.807) is 4.57 Å². The molecule has 0 aliphatic carbocycles. The number of hydrogen-bond donors (Lipinski definition) is 2. The highest BCUT2D eigenvalue weighted by Gasteiger charge is 2.29. The molecule has 5 rings (SSSR count). The summed E-state index contributed by atoms with van der Waals surface area (Å²) in [5, 5.41) is 6.62. The fraction of sp³-hybridized carbons (Fsp3) is 0.485. The second-order valence-corrected chi connectivity index (χ2v) is 13.3. The van der Waals surface area contributed by atoms with Gasteiger partial charge in [-0.2, -0.15) is 0 Å². The molecule has 42 heavy (non-hydrogen) atoms. The summed E-state index contributed by atoms with van der Waals surface area (Å²) in [6.45, 7) is 14.5. The largest absolute Gasteiger partial charge is 0.444 e. The Balaban J connectivity index is 1.58. The van der Waals surface area contributed by atoms with Crippen LogP contribution in [0.15, 0.2) is 36.4 Å². The molecule has 2 aliphatic heterocycles. The Hall–Kier alpha value is -3.85. The van der Waals surface area contributed by atoms with Gasteiger partial charge in [-0.25, -0.2) is 14.2 Å². The number of alkyl carbamates (subject to hydrolysis) is 1. The first-order valence-electron chi connectivity index (χ1n) is 14.8. The normalized spacial score (nSPS) is 15.8. The summed E-state index contributed by atoms with van der Waals surface area (Å²) >= 11 is 0. The standard InChI is InChI=1S/C33H42N4O5/c1-32(2,3)41-30(39)35-18-22-15-24-19-34-29(38)28(24)25(16-22)27-17-23-14-21(20-36-12-8-7-9-13-36)10-11-26(23)37(27)31(40)42-33(4,5)6/h10-11,14-17H,7-9,12-13,18-20H2,1-6H3,(H,34,38)(H,35,39). The van der Waals surface area contributed by atoms with Crippen LogP contribution in [-0.2, 0) is 29.1 Å². The molecule has 2 aromatic carbocycles. The Morgan fingerprint density at radius 1 is 0.905 bits per heavy atom. The average Bonchev–Trinajstić information content (AvgIpc) is 3.46. The zero-order chi connectivity index (χ0) is 30.2. The number of hydrogen-bond acceptors (Lipinski definition) is 6. The maximum Gasteiger partial charge on any atom is 0.419 e. The van der Waals surface area contributed by atoms with E-state index in [0.29, 0.717) is 28.9 Å². The summed E-state index contributed by atoms with van der Waals surface area (Å²) in [5.41, 5.74) is 3.87. The van der Waals surface area contributed by atoms with Crippen molar-refractivity contribution in [3.8, 4) is 11.3 Å². The van der Waals surface area contributed by atoms with Crippen LogP contribution in [0.4, 0.5) is 9.59 Å². The van der Waals surface area contributed by atoms with Crippen LogP contribution in [0.25, 0.3) is 22.2 Å². The van der Waals surface area contributed by atoms with E-state index < -0.39 is 23.4 Å². The quantitative estimate of drug-likeness (QED) is 0.369. The van der Waals surface area contributed by atoms with E-state index >= 15 is 0 Å². The Morgan fingerprint density at radius 3 is 2.31 bits per heavy atom. The van der Waals surface area contributed by atoms with Gasteiger partial charge in [-0.05, 0) is 108 Å². The van der Waals surface area contributed by atoms with Crippen LogP contribution < -0.4 is 10.6 Å². The molecule has 3 heterocycles. The predicted octanol–water partition coefficient (Wildman–Crippen LogP) is 6.35. The summed E-state index contributed by atoms with van der Waals surface area (Å²) in [4.78, 5) is 41.6. The third-order valence-corrected chi connectivity index (χ3v) is 7.35. The molecule has 3 aromatic rings. The number of amides is 2. The number of carbonyl (C=O) groups is 3. The van der Waals surface area contributed by atoms with Crippen molar-refractivity contribution in [3.05, 3.63) is 58.7 Å². The second kappa shape index (κ2) is 11.4. The lowest BCUT2D eigenvalue weighted by Crippen LogP contribution is -2.32. The summed E-state index contributed by atoms with van der Waals surface area (Å²) in [6.07, 6.45) is 2.67. The molecule has 9 heteroatoms. The number of likely N-dealkylation sites (tertiary alicyclic amines) is 1. The molecule has 0 atom stereocenters.